The predicted octanol–water partition coefficient (Wildman–Crippen LogP) is -3.92. The number of hydrogen-bond donors (Lipinski definition) is 18. The number of hydrogen-bond acceptors (Lipinski definition) is 18. The maximum atomic E-state index is 13.8. The molecule has 19 N–H and O–H groups in total. The molecule has 0 unspecified atom stereocenters. The van der Waals surface area contributed by atoms with Crippen molar-refractivity contribution < 1.29 is 77.0 Å². The first-order valence-corrected chi connectivity index (χ1v) is 32.0. The Kier molecular flexibility index (Phi) is 40.3. The molecule has 0 rings (SSSR count). The molecule has 0 aromatic carbocycles. The van der Waals surface area contributed by atoms with E-state index >= 15 is 0 Å². The predicted molar refractivity (Wildman–Crippen MR) is 344 cm³/mol. The fourth-order valence-corrected chi connectivity index (χ4v) is 8.80. The van der Waals surface area contributed by atoms with Crippen LogP contribution in [0.25, 0.3) is 0 Å². The highest BCUT2D eigenvalue weighted by Crippen LogP contribution is 2.13. The summed E-state index contributed by atoms with van der Waals surface area (Å²) in [5.41, 5.74) is 11.5. The van der Waals surface area contributed by atoms with Crippen molar-refractivity contribution in [2.24, 2.45) is 41.1 Å². The molecule has 0 aliphatic heterocycles. The van der Waals surface area contributed by atoms with Crippen molar-refractivity contribution in [3.63, 3.8) is 0 Å². The molecule has 524 valence electrons. The number of rotatable bonds is 44. The largest absolute Gasteiger partial charge is 0.480 e. The Balaban J connectivity index is 5.46. The van der Waals surface area contributed by atoms with Crippen molar-refractivity contribution in [2.75, 3.05) is 38.5 Å². The highest BCUT2D eigenvalue weighted by Gasteiger charge is 2.35. The summed E-state index contributed by atoms with van der Waals surface area (Å²) < 4.78 is 0. The minimum atomic E-state index is -1.32. The summed E-state index contributed by atoms with van der Waals surface area (Å²) in [5.74, 6) is -13.3. The molecule has 32 nitrogen and oxygen atoms in total. The first-order valence-electron chi connectivity index (χ1n) is 31.3. The van der Waals surface area contributed by atoms with E-state index in [1.807, 2.05) is 6.92 Å². The SMILES string of the molecule is CC[C@H](C)[C@H](NC(=O)CNC(=O)CNC(=O)[C@H](C)NC(=O)[C@@H](NC(=O)[C@@H](N)CCCCN)[C@@H](C)CC)C(=O)N[C@@H](C)C(=O)NCC(=O)NCC(=O)N[C@@H](CC(C)C)C(=O)N[C@@H](C)C(=O)N[C@@H](CC(C)C)C(=O)N[C@@H](CC(C)C)C(=O)N[C@@H](C)C(=O)N[C@@H](CS)C(=O)O. The van der Waals surface area contributed by atoms with Gasteiger partial charge in [0, 0.05) is 5.75 Å². The summed E-state index contributed by atoms with van der Waals surface area (Å²) in [7, 11) is 0. The molecule has 92 heavy (non-hydrogen) atoms. The molecule has 0 aromatic heterocycles. The van der Waals surface area contributed by atoms with Crippen LogP contribution in [-0.2, 0) is 71.9 Å². The molecular formula is C59H106N16O16S. The monoisotopic (exact) mass is 1330 g/mol. The molecule has 33 heteroatoms. The third-order valence-electron chi connectivity index (χ3n) is 14.5. The average Bonchev–Trinajstić information content (AvgIpc) is 1.05. The number of thiol groups is 1. The van der Waals surface area contributed by atoms with Crippen LogP contribution < -0.4 is 85.9 Å². The van der Waals surface area contributed by atoms with Crippen molar-refractivity contribution in [1.29, 1.82) is 0 Å². The average molecular weight is 1330 g/mol. The third kappa shape index (κ3) is 33.6. The molecule has 0 heterocycles. The van der Waals surface area contributed by atoms with Crippen LogP contribution in [0.4, 0.5) is 0 Å². The van der Waals surface area contributed by atoms with Crippen molar-refractivity contribution in [1.82, 2.24) is 74.4 Å². The summed E-state index contributed by atoms with van der Waals surface area (Å²) in [6, 6.07) is -12.8. The molecule has 0 saturated carbocycles. The van der Waals surface area contributed by atoms with Gasteiger partial charge in [-0.05, 0) is 95.9 Å². The molecule has 13 atom stereocenters. The van der Waals surface area contributed by atoms with E-state index in [2.05, 4.69) is 87.1 Å². The molecule has 0 saturated heterocycles. The molecular weight excluding hydrogens is 1220 g/mol. The normalized spacial score (nSPS) is 15.4. The van der Waals surface area contributed by atoms with Gasteiger partial charge in [-0.1, -0.05) is 88.5 Å². The number of amides is 14. The Labute approximate surface area is 545 Å². The van der Waals surface area contributed by atoms with E-state index in [0.29, 0.717) is 38.6 Å². The Bertz CT molecular complexity index is 2510. The van der Waals surface area contributed by atoms with E-state index in [1.165, 1.54) is 27.7 Å². The van der Waals surface area contributed by atoms with Gasteiger partial charge in [0.15, 0.2) is 0 Å². The molecule has 14 amide bonds. The number of nitrogens with two attached hydrogens (primary N) is 2. The van der Waals surface area contributed by atoms with Crippen LogP contribution in [-0.4, -0.2) is 199 Å². The Morgan fingerprint density at radius 3 is 1.07 bits per heavy atom. The summed E-state index contributed by atoms with van der Waals surface area (Å²) in [6.45, 7) is 21.1. The van der Waals surface area contributed by atoms with Crippen LogP contribution in [0.1, 0.15) is 148 Å². The summed E-state index contributed by atoms with van der Waals surface area (Å²) in [5, 5.41) is 44.0. The molecule has 0 aliphatic carbocycles. The van der Waals surface area contributed by atoms with Gasteiger partial charge in [0.1, 0.15) is 60.4 Å². The topological polar surface area (TPSA) is 497 Å². The maximum Gasteiger partial charge on any atom is 0.327 e. The molecule has 0 fully saturated rings. The smallest absolute Gasteiger partial charge is 0.327 e. The van der Waals surface area contributed by atoms with Crippen LogP contribution in [0.2, 0.25) is 0 Å². The molecule has 0 radical (unpaired) electrons. The Hall–Kier alpha value is -7.68. The summed E-state index contributed by atoms with van der Waals surface area (Å²) in [4.78, 5) is 195. The molecule has 0 aliphatic rings. The van der Waals surface area contributed by atoms with Gasteiger partial charge in [-0.3, -0.25) is 67.1 Å². The minimum absolute atomic E-state index is 0.0926. The molecule has 0 aromatic rings. The van der Waals surface area contributed by atoms with Crippen LogP contribution >= 0.6 is 12.6 Å². The second-order valence-electron chi connectivity index (χ2n) is 24.3. The van der Waals surface area contributed by atoms with E-state index in [1.54, 1.807) is 62.3 Å². The van der Waals surface area contributed by atoms with Gasteiger partial charge in [0.2, 0.25) is 82.7 Å². The van der Waals surface area contributed by atoms with Crippen LogP contribution in [0.3, 0.4) is 0 Å². The van der Waals surface area contributed by atoms with Gasteiger partial charge in [0.25, 0.3) is 0 Å². The van der Waals surface area contributed by atoms with E-state index in [9.17, 15) is 77.0 Å². The van der Waals surface area contributed by atoms with Gasteiger partial charge in [-0.25, -0.2) is 4.79 Å². The van der Waals surface area contributed by atoms with Crippen LogP contribution in [0.5, 0.6) is 0 Å². The lowest BCUT2D eigenvalue weighted by atomic mass is 9.97. The lowest BCUT2D eigenvalue weighted by molar-refractivity contribution is -0.141. The highest BCUT2D eigenvalue weighted by molar-refractivity contribution is 7.80. The lowest BCUT2D eigenvalue weighted by Crippen LogP contribution is -2.59. The van der Waals surface area contributed by atoms with Crippen LogP contribution in [0, 0.1) is 29.6 Å². The standard InChI is InChI=1S/C59H106N16O16S/c1-15-32(9)47(74-46(79)27-63-44(77)25-65-50(81)35(12)69-58(89)48(33(10)16-2)75-53(84)38(61)19-17-18-20-60)57(88)68-34(11)49(80)64-24-43(76)62-26-45(78)70-39(21-29(3)4)54(85)66-36(13)51(82)71-41(23-31(7)8)56(87)72-40(22-30(5)6)55(86)67-37(14)52(83)73-42(28-92)59(90)91/h29-42,47-48,92H,15-28,60-61H2,1-14H3,(H,62,76)(H,63,77)(H,64,80)(H,65,81)(H,66,85)(H,67,86)(H,68,88)(H,69,89)(H,70,78)(H,71,82)(H,72,87)(H,73,83)(H,74,79)(H,75,84)(H,90,91)/t32-,33-,34-,35-,36-,37-,38-,39-,40-,41-,42-,47-,48-/m0/s1. The maximum absolute atomic E-state index is 13.8. The number of aliphatic carboxylic acids is 1. The number of carboxylic acids is 1. The summed E-state index contributed by atoms with van der Waals surface area (Å²) >= 11 is 3.93. The number of carboxylic acid groups (broad SMARTS) is 1. The third-order valence-corrected chi connectivity index (χ3v) is 14.9. The van der Waals surface area contributed by atoms with Gasteiger partial charge in [-0.15, -0.1) is 0 Å². The van der Waals surface area contributed by atoms with Gasteiger partial charge >= 0.3 is 5.97 Å². The van der Waals surface area contributed by atoms with Gasteiger partial charge in [-0.2, -0.15) is 12.6 Å². The summed E-state index contributed by atoms with van der Waals surface area (Å²) in [6.07, 6.45) is 2.92. The molecule has 0 spiro atoms. The number of unbranched alkanes of at least 4 members (excludes halogenated alkanes) is 1. The van der Waals surface area contributed by atoms with Crippen molar-refractivity contribution in [3.05, 3.63) is 0 Å². The zero-order valence-electron chi connectivity index (χ0n) is 55.8. The fourth-order valence-electron chi connectivity index (χ4n) is 8.55. The zero-order chi connectivity index (χ0) is 70.7. The Morgan fingerprint density at radius 2 is 0.696 bits per heavy atom. The lowest BCUT2D eigenvalue weighted by Gasteiger charge is -2.27. The van der Waals surface area contributed by atoms with E-state index in [-0.39, 0.29) is 48.7 Å². The Morgan fingerprint density at radius 1 is 0.370 bits per heavy atom. The first-order chi connectivity index (χ1) is 42.9. The van der Waals surface area contributed by atoms with Crippen molar-refractivity contribution in [3.8, 4) is 0 Å². The van der Waals surface area contributed by atoms with Crippen molar-refractivity contribution in [2.45, 2.75) is 215 Å². The second kappa shape index (κ2) is 44.0. The zero-order valence-corrected chi connectivity index (χ0v) is 56.7. The highest BCUT2D eigenvalue weighted by atomic mass is 32.1. The second-order valence-corrected chi connectivity index (χ2v) is 24.7. The first kappa shape index (κ1) is 84.3. The van der Waals surface area contributed by atoms with Crippen molar-refractivity contribution >= 4 is 101 Å². The quantitative estimate of drug-likeness (QED) is 0.0205. The fraction of sp³-hybridized carbons (Fsp3) is 0.746. The number of carbonyl (C=O) groups is 15. The van der Waals surface area contributed by atoms with E-state index in [4.69, 9.17) is 11.5 Å². The van der Waals surface area contributed by atoms with E-state index < -0.39 is 187 Å². The number of carbonyl (C=O) groups excluding carboxylic acids is 14. The van der Waals surface area contributed by atoms with E-state index in [0.717, 1.165) is 0 Å². The number of nitrogens with one attached hydrogen (secondary N) is 14. The molecule has 0 bridgehead atoms. The van der Waals surface area contributed by atoms with Gasteiger partial charge in [0.05, 0.1) is 32.2 Å². The minimum Gasteiger partial charge on any atom is -0.480 e. The van der Waals surface area contributed by atoms with Gasteiger partial charge < -0.3 is 91.0 Å². The van der Waals surface area contributed by atoms with Crippen LogP contribution in [0.15, 0.2) is 0 Å².